The zero-order valence-corrected chi connectivity index (χ0v) is 9.93. The second-order valence-corrected chi connectivity index (χ2v) is 5.51. The van der Waals surface area contributed by atoms with Crippen LogP contribution < -0.4 is 0 Å². The lowest BCUT2D eigenvalue weighted by Crippen LogP contribution is -2.43. The Hall–Kier alpha value is -1.26. The van der Waals surface area contributed by atoms with Crippen molar-refractivity contribution >= 4 is 11.8 Å². The van der Waals surface area contributed by atoms with E-state index in [0.717, 1.165) is 12.1 Å². The molecular weight excluding hydrogens is 208 g/mol. The summed E-state index contributed by atoms with van der Waals surface area (Å²) in [6, 6.07) is 0.158. The number of nitrogens with zero attached hydrogens (tertiary/aromatic N) is 2. The summed E-state index contributed by atoms with van der Waals surface area (Å²) in [7, 11) is 0. The van der Waals surface area contributed by atoms with Gasteiger partial charge in [-0.3, -0.25) is 0 Å². The fourth-order valence-corrected chi connectivity index (χ4v) is 2.43. The molecule has 0 unspecified atom stereocenters. The summed E-state index contributed by atoms with van der Waals surface area (Å²) in [5.74, 6) is 0.225. The molecule has 5 heteroatoms. The number of ether oxygens (including phenoxy) is 1. The Morgan fingerprint density at radius 1 is 1.56 bits per heavy atom. The van der Waals surface area contributed by atoms with Crippen LogP contribution in [-0.2, 0) is 4.74 Å². The summed E-state index contributed by atoms with van der Waals surface area (Å²) >= 11 is 0. The largest absolute Gasteiger partial charge is 0.444 e. The molecule has 1 aliphatic carbocycles. The first kappa shape index (κ1) is 11.2. The Bertz CT molecular complexity index is 333. The van der Waals surface area contributed by atoms with Crippen molar-refractivity contribution in [3.8, 4) is 0 Å². The lowest BCUT2D eigenvalue weighted by atomic mass is 10.1. The molecule has 1 amide bonds. The minimum atomic E-state index is -0.452. The minimum Gasteiger partial charge on any atom is -0.444 e. The number of amides is 1. The second-order valence-electron chi connectivity index (χ2n) is 5.51. The van der Waals surface area contributed by atoms with E-state index in [1.54, 1.807) is 4.90 Å². The van der Waals surface area contributed by atoms with Crippen LogP contribution >= 0.6 is 0 Å². The fourth-order valence-electron chi connectivity index (χ4n) is 2.43. The van der Waals surface area contributed by atoms with Gasteiger partial charge in [-0.15, -0.1) is 0 Å². The Morgan fingerprint density at radius 2 is 2.25 bits per heavy atom. The quantitative estimate of drug-likeness (QED) is 0.506. The molecule has 0 aromatic rings. The predicted octanol–water partition coefficient (Wildman–Crippen LogP) is 1.85. The van der Waals surface area contributed by atoms with Crippen molar-refractivity contribution in [2.24, 2.45) is 11.1 Å². The van der Waals surface area contributed by atoms with Gasteiger partial charge in [-0.05, 0) is 27.2 Å². The van der Waals surface area contributed by atoms with E-state index in [1.807, 2.05) is 20.8 Å². The van der Waals surface area contributed by atoms with Gasteiger partial charge in [-0.25, -0.2) is 4.79 Å². The van der Waals surface area contributed by atoms with Crippen molar-refractivity contribution in [3.63, 3.8) is 0 Å². The third-order valence-corrected chi connectivity index (χ3v) is 3.09. The van der Waals surface area contributed by atoms with Crippen molar-refractivity contribution < 1.29 is 14.7 Å². The first-order valence-corrected chi connectivity index (χ1v) is 5.61. The van der Waals surface area contributed by atoms with Crippen LogP contribution in [0.4, 0.5) is 4.79 Å². The first-order valence-electron chi connectivity index (χ1n) is 5.61. The highest BCUT2D eigenvalue weighted by Crippen LogP contribution is 2.36. The van der Waals surface area contributed by atoms with Crippen LogP contribution in [0.3, 0.4) is 0 Å². The SMILES string of the molecule is CC(C)(C)OC(=O)N1C[C@H]2C[C@H]1C/C2=N\O. The summed E-state index contributed by atoms with van der Waals surface area (Å²) < 4.78 is 5.33. The Labute approximate surface area is 95.1 Å². The van der Waals surface area contributed by atoms with Crippen LogP contribution in [0.2, 0.25) is 0 Å². The molecule has 0 aromatic heterocycles. The summed E-state index contributed by atoms with van der Waals surface area (Å²) in [5, 5.41) is 12.0. The van der Waals surface area contributed by atoms with Crippen molar-refractivity contribution in [1.29, 1.82) is 0 Å². The molecule has 0 spiro atoms. The van der Waals surface area contributed by atoms with Crippen molar-refractivity contribution in [2.75, 3.05) is 6.54 Å². The topological polar surface area (TPSA) is 62.1 Å². The van der Waals surface area contributed by atoms with Gasteiger partial charge in [0.15, 0.2) is 0 Å². The van der Waals surface area contributed by atoms with E-state index in [9.17, 15) is 4.79 Å². The number of carbonyl (C=O) groups is 1. The van der Waals surface area contributed by atoms with Crippen LogP contribution in [-0.4, -0.2) is 40.1 Å². The molecule has 5 nitrogen and oxygen atoms in total. The normalized spacial score (nSPS) is 31.2. The molecule has 16 heavy (non-hydrogen) atoms. The smallest absolute Gasteiger partial charge is 0.410 e. The third-order valence-electron chi connectivity index (χ3n) is 3.09. The summed E-state index contributed by atoms with van der Waals surface area (Å²) in [5.41, 5.74) is 0.372. The minimum absolute atomic E-state index is 0.158. The molecule has 1 aliphatic heterocycles. The second kappa shape index (κ2) is 3.64. The van der Waals surface area contributed by atoms with Gasteiger partial charge < -0.3 is 14.8 Å². The number of carbonyl (C=O) groups excluding carboxylic acids is 1. The van der Waals surface area contributed by atoms with Gasteiger partial charge in [0, 0.05) is 24.9 Å². The molecule has 90 valence electrons. The van der Waals surface area contributed by atoms with E-state index >= 15 is 0 Å². The average Bonchev–Trinajstić information content (AvgIpc) is 2.72. The zero-order valence-electron chi connectivity index (χ0n) is 9.93. The van der Waals surface area contributed by atoms with Crippen molar-refractivity contribution in [3.05, 3.63) is 0 Å². The van der Waals surface area contributed by atoms with Gasteiger partial charge in [0.25, 0.3) is 0 Å². The molecular formula is C11H18N2O3. The average molecular weight is 226 g/mol. The molecule has 2 atom stereocenters. The fraction of sp³-hybridized carbons (Fsp3) is 0.818. The molecule has 1 saturated heterocycles. The molecule has 0 radical (unpaired) electrons. The lowest BCUT2D eigenvalue weighted by Gasteiger charge is -2.30. The standard InChI is InChI=1S/C11H18N2O3/c1-11(2,3)16-10(14)13-6-7-4-8(13)5-9(7)12-15/h7-8,15H,4-6H2,1-3H3/b12-9+/t7-,8+/m1/s1. The van der Waals surface area contributed by atoms with Gasteiger partial charge in [-0.1, -0.05) is 5.16 Å². The van der Waals surface area contributed by atoms with Crippen LogP contribution in [0.15, 0.2) is 5.16 Å². The number of likely N-dealkylation sites (tertiary alicyclic amines) is 1. The molecule has 1 saturated carbocycles. The maximum absolute atomic E-state index is 11.8. The summed E-state index contributed by atoms with van der Waals surface area (Å²) in [6.45, 7) is 6.21. The van der Waals surface area contributed by atoms with E-state index in [2.05, 4.69) is 5.16 Å². The van der Waals surface area contributed by atoms with E-state index in [0.29, 0.717) is 13.0 Å². The Kier molecular flexibility index (Phi) is 2.56. The van der Waals surface area contributed by atoms with E-state index in [4.69, 9.17) is 9.94 Å². The third kappa shape index (κ3) is 1.99. The van der Waals surface area contributed by atoms with Gasteiger partial charge >= 0.3 is 6.09 Å². The van der Waals surface area contributed by atoms with Gasteiger partial charge in [0.1, 0.15) is 5.60 Å². The van der Waals surface area contributed by atoms with Crippen molar-refractivity contribution in [2.45, 2.75) is 45.3 Å². The molecule has 2 rings (SSSR count). The van der Waals surface area contributed by atoms with E-state index in [1.165, 1.54) is 0 Å². The monoisotopic (exact) mass is 226 g/mol. The number of piperidine rings is 1. The number of rotatable bonds is 0. The molecule has 1 heterocycles. The highest BCUT2D eigenvalue weighted by molar-refractivity contribution is 5.91. The van der Waals surface area contributed by atoms with Crippen LogP contribution in [0.5, 0.6) is 0 Å². The molecule has 1 N–H and O–H groups in total. The van der Waals surface area contributed by atoms with Crippen LogP contribution in [0.1, 0.15) is 33.6 Å². The predicted molar refractivity (Wildman–Crippen MR) is 58.7 cm³/mol. The van der Waals surface area contributed by atoms with Crippen molar-refractivity contribution in [1.82, 2.24) is 4.90 Å². The maximum Gasteiger partial charge on any atom is 0.410 e. The number of hydrogen-bond acceptors (Lipinski definition) is 4. The maximum atomic E-state index is 11.8. The number of fused-ring (bicyclic) bond motifs is 2. The molecule has 0 aromatic carbocycles. The first-order chi connectivity index (χ1) is 7.40. The van der Waals surface area contributed by atoms with Crippen LogP contribution in [0.25, 0.3) is 0 Å². The Balaban J connectivity index is 1.98. The van der Waals surface area contributed by atoms with Crippen LogP contribution in [0, 0.1) is 5.92 Å². The van der Waals surface area contributed by atoms with E-state index in [-0.39, 0.29) is 18.1 Å². The van der Waals surface area contributed by atoms with E-state index < -0.39 is 5.60 Å². The summed E-state index contributed by atoms with van der Waals surface area (Å²) in [6.07, 6.45) is 1.33. The number of oxime groups is 1. The molecule has 2 fully saturated rings. The zero-order chi connectivity index (χ0) is 11.9. The van der Waals surface area contributed by atoms with Gasteiger partial charge in [-0.2, -0.15) is 0 Å². The highest BCUT2D eigenvalue weighted by atomic mass is 16.6. The molecule has 2 aliphatic rings. The number of hydrogen-bond donors (Lipinski definition) is 1. The Morgan fingerprint density at radius 3 is 2.69 bits per heavy atom. The molecule has 2 bridgehead atoms. The summed E-state index contributed by atoms with van der Waals surface area (Å²) in [4.78, 5) is 13.6. The highest BCUT2D eigenvalue weighted by Gasteiger charge is 2.46. The van der Waals surface area contributed by atoms with Gasteiger partial charge in [0.2, 0.25) is 0 Å². The van der Waals surface area contributed by atoms with Gasteiger partial charge in [0.05, 0.1) is 5.71 Å². The lowest BCUT2D eigenvalue weighted by molar-refractivity contribution is 0.0219.